The number of fused-ring (bicyclic) bond motifs is 1. The maximum Gasteiger partial charge on any atom is 0.264 e. The maximum atomic E-state index is 13.0. The lowest BCUT2D eigenvalue weighted by atomic mass is 9.78. The van der Waals surface area contributed by atoms with E-state index in [1.807, 2.05) is 12.1 Å². The lowest BCUT2D eigenvalue weighted by Gasteiger charge is -2.38. The normalized spacial score (nSPS) is 19.2. The van der Waals surface area contributed by atoms with Crippen LogP contribution < -0.4 is 10.1 Å². The molecule has 1 N–H and O–H groups in total. The average Bonchev–Trinajstić information content (AvgIpc) is 3.20. The number of ether oxygens (including phenoxy) is 1. The molecule has 1 aromatic carbocycles. The van der Waals surface area contributed by atoms with Crippen molar-refractivity contribution in [3.8, 4) is 5.75 Å². The highest BCUT2D eigenvalue weighted by Crippen LogP contribution is 2.39. The molecule has 136 valence electrons. The molecule has 1 amide bonds. The Hall–Kier alpha value is -1.30. The van der Waals surface area contributed by atoms with E-state index in [0.29, 0.717) is 5.41 Å². The largest absolute Gasteiger partial charge is 0.497 e. The van der Waals surface area contributed by atoms with E-state index in [-0.39, 0.29) is 18.3 Å². The second kappa shape index (κ2) is 7.14. The van der Waals surface area contributed by atoms with E-state index in [2.05, 4.69) is 23.2 Å². The molecule has 2 aliphatic heterocycles. The van der Waals surface area contributed by atoms with Crippen LogP contribution in [0.3, 0.4) is 0 Å². The Morgan fingerprint density at radius 3 is 2.68 bits per heavy atom. The van der Waals surface area contributed by atoms with E-state index in [1.165, 1.54) is 6.42 Å². The zero-order valence-corrected chi connectivity index (χ0v) is 16.4. The molecule has 0 unspecified atom stereocenters. The van der Waals surface area contributed by atoms with Gasteiger partial charge in [-0.2, -0.15) is 0 Å². The molecular weight excluding hydrogens is 356 g/mol. The van der Waals surface area contributed by atoms with Crippen LogP contribution in [-0.2, 0) is 0 Å². The number of carbonyl (C=O) groups is 1. The second-order valence-corrected chi connectivity index (χ2v) is 8.19. The molecule has 2 aromatic rings. The highest BCUT2D eigenvalue weighted by Gasteiger charge is 2.38. The molecule has 4 nitrogen and oxygen atoms in total. The zero-order chi connectivity index (χ0) is 16.7. The van der Waals surface area contributed by atoms with E-state index in [4.69, 9.17) is 4.74 Å². The van der Waals surface area contributed by atoms with Crippen molar-refractivity contribution in [1.29, 1.82) is 0 Å². The van der Waals surface area contributed by atoms with Crippen LogP contribution in [0.1, 0.15) is 34.5 Å². The summed E-state index contributed by atoms with van der Waals surface area (Å²) in [6.07, 6.45) is 3.52. The van der Waals surface area contributed by atoms with Gasteiger partial charge in [-0.15, -0.1) is 23.7 Å². The minimum Gasteiger partial charge on any atom is -0.497 e. The molecule has 6 heteroatoms. The van der Waals surface area contributed by atoms with Crippen molar-refractivity contribution < 1.29 is 9.53 Å². The zero-order valence-electron chi connectivity index (χ0n) is 14.8. The first-order valence-corrected chi connectivity index (χ1v) is 9.51. The average molecular weight is 381 g/mol. The van der Waals surface area contributed by atoms with Gasteiger partial charge in [-0.1, -0.05) is 0 Å². The molecule has 1 aromatic heterocycles. The standard InChI is InChI=1S/C19H24N2O2S.ClH/c1-13-15-11-14(23-2)3-4-16(15)24-17(13)18(22)21-9-6-19(7-10-21)5-8-20-12-19;/h3-4,11,20H,5-10,12H2,1-2H3;1H. The Labute approximate surface area is 158 Å². The molecule has 0 saturated carbocycles. The topological polar surface area (TPSA) is 41.6 Å². The third kappa shape index (κ3) is 3.25. The first-order chi connectivity index (χ1) is 11.6. The number of amides is 1. The van der Waals surface area contributed by atoms with Gasteiger partial charge in [0.1, 0.15) is 5.75 Å². The van der Waals surface area contributed by atoms with E-state index in [1.54, 1.807) is 18.4 Å². The molecule has 25 heavy (non-hydrogen) atoms. The molecular formula is C19H25ClN2O2S. The Bertz CT molecular complexity index is 773. The Balaban J connectivity index is 0.00000182. The van der Waals surface area contributed by atoms with Crippen molar-refractivity contribution >= 4 is 39.7 Å². The van der Waals surface area contributed by atoms with Crippen LogP contribution >= 0.6 is 23.7 Å². The van der Waals surface area contributed by atoms with Gasteiger partial charge in [-0.05, 0) is 67.3 Å². The number of hydrogen-bond acceptors (Lipinski definition) is 4. The van der Waals surface area contributed by atoms with Gasteiger partial charge in [0.25, 0.3) is 5.91 Å². The summed E-state index contributed by atoms with van der Waals surface area (Å²) in [5, 5.41) is 4.62. The Morgan fingerprint density at radius 1 is 1.28 bits per heavy atom. The molecule has 0 aliphatic carbocycles. The summed E-state index contributed by atoms with van der Waals surface area (Å²) in [7, 11) is 1.68. The van der Waals surface area contributed by atoms with Gasteiger partial charge in [-0.3, -0.25) is 4.79 Å². The van der Waals surface area contributed by atoms with Gasteiger partial charge in [-0.25, -0.2) is 0 Å². The molecule has 2 aliphatic rings. The van der Waals surface area contributed by atoms with E-state index in [0.717, 1.165) is 65.3 Å². The van der Waals surface area contributed by atoms with E-state index >= 15 is 0 Å². The van der Waals surface area contributed by atoms with Gasteiger partial charge >= 0.3 is 0 Å². The number of nitrogens with zero attached hydrogens (tertiary/aromatic N) is 1. The fourth-order valence-electron chi connectivity index (χ4n) is 4.08. The van der Waals surface area contributed by atoms with Gasteiger partial charge < -0.3 is 15.0 Å². The number of aryl methyl sites for hydroxylation is 1. The van der Waals surface area contributed by atoms with Gasteiger partial charge in [0.05, 0.1) is 12.0 Å². The summed E-state index contributed by atoms with van der Waals surface area (Å²) in [4.78, 5) is 16.0. The summed E-state index contributed by atoms with van der Waals surface area (Å²) in [5.41, 5.74) is 1.53. The van der Waals surface area contributed by atoms with Gasteiger partial charge in [0.15, 0.2) is 0 Å². The van der Waals surface area contributed by atoms with Gasteiger partial charge in [0, 0.05) is 24.3 Å². The molecule has 3 heterocycles. The monoisotopic (exact) mass is 380 g/mol. The van der Waals surface area contributed by atoms with Crippen LogP contribution in [0.4, 0.5) is 0 Å². The number of carbonyl (C=O) groups excluding carboxylic acids is 1. The molecule has 4 rings (SSSR count). The quantitative estimate of drug-likeness (QED) is 0.860. The van der Waals surface area contributed by atoms with Gasteiger partial charge in [0.2, 0.25) is 0 Å². The predicted octanol–water partition coefficient (Wildman–Crippen LogP) is 3.86. The molecule has 2 saturated heterocycles. The first-order valence-electron chi connectivity index (χ1n) is 8.69. The summed E-state index contributed by atoms with van der Waals surface area (Å²) in [5.74, 6) is 1.05. The van der Waals surface area contributed by atoms with Crippen LogP contribution in [-0.4, -0.2) is 44.1 Å². The van der Waals surface area contributed by atoms with E-state index < -0.39 is 0 Å². The first kappa shape index (κ1) is 18.5. The van der Waals surface area contributed by atoms with Crippen LogP contribution in [0.5, 0.6) is 5.75 Å². The second-order valence-electron chi connectivity index (χ2n) is 7.14. The number of benzene rings is 1. The van der Waals surface area contributed by atoms with Crippen molar-refractivity contribution in [2.24, 2.45) is 5.41 Å². The Morgan fingerprint density at radius 2 is 2.04 bits per heavy atom. The summed E-state index contributed by atoms with van der Waals surface area (Å²) >= 11 is 1.61. The minimum absolute atomic E-state index is 0. The molecule has 0 radical (unpaired) electrons. The number of thiophene rings is 1. The van der Waals surface area contributed by atoms with Crippen molar-refractivity contribution in [1.82, 2.24) is 10.2 Å². The predicted molar refractivity (Wildman–Crippen MR) is 105 cm³/mol. The van der Waals surface area contributed by atoms with Crippen LogP contribution in [0.15, 0.2) is 18.2 Å². The fraction of sp³-hybridized carbons (Fsp3) is 0.526. The number of methoxy groups -OCH3 is 1. The van der Waals surface area contributed by atoms with Crippen LogP contribution in [0.2, 0.25) is 0 Å². The summed E-state index contributed by atoms with van der Waals surface area (Å²) in [6.45, 7) is 6.08. The number of halogens is 1. The summed E-state index contributed by atoms with van der Waals surface area (Å²) < 4.78 is 6.48. The van der Waals surface area contributed by atoms with Crippen LogP contribution in [0, 0.1) is 12.3 Å². The van der Waals surface area contributed by atoms with Crippen molar-refractivity contribution in [3.63, 3.8) is 0 Å². The minimum atomic E-state index is 0. The fourth-order valence-corrected chi connectivity index (χ4v) is 5.24. The van der Waals surface area contributed by atoms with E-state index in [9.17, 15) is 4.79 Å². The lowest BCUT2D eigenvalue weighted by Crippen LogP contribution is -2.43. The Kier molecular flexibility index (Phi) is 5.28. The number of hydrogen-bond donors (Lipinski definition) is 1. The van der Waals surface area contributed by atoms with Crippen LogP contribution in [0.25, 0.3) is 10.1 Å². The smallest absolute Gasteiger partial charge is 0.264 e. The third-order valence-corrected chi connectivity index (χ3v) is 7.04. The lowest BCUT2D eigenvalue weighted by molar-refractivity contribution is 0.0612. The summed E-state index contributed by atoms with van der Waals surface area (Å²) in [6, 6.07) is 6.05. The molecule has 2 fully saturated rings. The van der Waals surface area contributed by atoms with Crippen molar-refractivity contribution in [2.45, 2.75) is 26.2 Å². The highest BCUT2D eigenvalue weighted by atomic mass is 35.5. The highest BCUT2D eigenvalue weighted by molar-refractivity contribution is 7.21. The molecule has 1 spiro atoms. The molecule has 0 bridgehead atoms. The SMILES string of the molecule is COc1ccc2sc(C(=O)N3CCC4(CCNC4)CC3)c(C)c2c1.Cl. The third-order valence-electron chi connectivity index (χ3n) is 5.78. The maximum absolute atomic E-state index is 13.0. The van der Waals surface area contributed by atoms with Crippen molar-refractivity contribution in [2.75, 3.05) is 33.3 Å². The number of rotatable bonds is 2. The number of nitrogens with one attached hydrogen (secondary N) is 1. The van der Waals surface area contributed by atoms with Crippen molar-refractivity contribution in [3.05, 3.63) is 28.6 Å². The molecule has 0 atom stereocenters. The number of piperidine rings is 1. The number of likely N-dealkylation sites (tertiary alicyclic amines) is 1.